The number of hydrogen-bond donors (Lipinski definition) is 2. The van der Waals surface area contributed by atoms with Gasteiger partial charge in [-0.25, -0.2) is 4.98 Å². The van der Waals surface area contributed by atoms with Gasteiger partial charge in [0.15, 0.2) is 0 Å². The highest BCUT2D eigenvalue weighted by atomic mass is 32.2. The van der Waals surface area contributed by atoms with Gasteiger partial charge in [0.25, 0.3) is 5.91 Å². The first kappa shape index (κ1) is 14.8. The van der Waals surface area contributed by atoms with Crippen molar-refractivity contribution in [3.8, 4) is 0 Å². The molecule has 1 amide bonds. The summed E-state index contributed by atoms with van der Waals surface area (Å²) in [4.78, 5) is 19.8. The number of nitrogens with zero attached hydrogens (tertiary/aromatic N) is 2. The van der Waals surface area contributed by atoms with Crippen LogP contribution in [0.2, 0.25) is 0 Å². The van der Waals surface area contributed by atoms with Crippen molar-refractivity contribution >= 4 is 23.5 Å². The average molecular weight is 268 g/mol. The largest absolute Gasteiger partial charge is 0.372 e. The summed E-state index contributed by atoms with van der Waals surface area (Å²) in [7, 11) is 1.75. The number of nitrogens with one attached hydrogen (secondary N) is 2. The Balaban J connectivity index is 2.27. The molecule has 2 N–H and O–H groups in total. The SMILES string of the molecule is CNc1cncc(C(=O)NCCCCCSC)n1. The van der Waals surface area contributed by atoms with Crippen LogP contribution in [0, 0.1) is 0 Å². The van der Waals surface area contributed by atoms with Gasteiger partial charge in [-0.05, 0) is 24.9 Å². The van der Waals surface area contributed by atoms with E-state index in [-0.39, 0.29) is 5.91 Å². The van der Waals surface area contributed by atoms with E-state index in [0.717, 1.165) is 12.8 Å². The second-order valence-corrected chi connectivity index (χ2v) is 4.83. The lowest BCUT2D eigenvalue weighted by atomic mass is 10.2. The van der Waals surface area contributed by atoms with Crippen LogP contribution >= 0.6 is 11.8 Å². The van der Waals surface area contributed by atoms with Gasteiger partial charge in [-0.2, -0.15) is 11.8 Å². The summed E-state index contributed by atoms with van der Waals surface area (Å²) >= 11 is 1.85. The molecule has 0 aromatic carbocycles. The molecular weight excluding hydrogens is 248 g/mol. The third kappa shape index (κ3) is 5.35. The van der Waals surface area contributed by atoms with Gasteiger partial charge in [0.1, 0.15) is 11.5 Å². The Morgan fingerprint density at radius 2 is 2.17 bits per heavy atom. The molecule has 0 aliphatic heterocycles. The molecule has 0 spiro atoms. The van der Waals surface area contributed by atoms with Crippen LogP contribution in [0.5, 0.6) is 0 Å². The Morgan fingerprint density at radius 3 is 2.89 bits per heavy atom. The second-order valence-electron chi connectivity index (χ2n) is 3.85. The van der Waals surface area contributed by atoms with Crippen LogP contribution in [0.15, 0.2) is 12.4 Å². The maximum atomic E-state index is 11.8. The molecule has 1 aromatic heterocycles. The van der Waals surface area contributed by atoms with Gasteiger partial charge in [-0.1, -0.05) is 6.42 Å². The summed E-state index contributed by atoms with van der Waals surface area (Å²) in [5.41, 5.74) is 0.353. The molecule has 100 valence electrons. The minimum absolute atomic E-state index is 0.163. The van der Waals surface area contributed by atoms with Gasteiger partial charge in [0, 0.05) is 13.6 Å². The maximum absolute atomic E-state index is 11.8. The smallest absolute Gasteiger partial charge is 0.271 e. The molecule has 5 nitrogen and oxygen atoms in total. The van der Waals surface area contributed by atoms with Crippen molar-refractivity contribution in [1.82, 2.24) is 15.3 Å². The first-order valence-corrected chi connectivity index (χ1v) is 7.44. The van der Waals surface area contributed by atoms with Gasteiger partial charge in [-0.15, -0.1) is 0 Å². The average Bonchev–Trinajstić information content (AvgIpc) is 2.42. The lowest BCUT2D eigenvalue weighted by Crippen LogP contribution is -2.25. The van der Waals surface area contributed by atoms with E-state index < -0.39 is 0 Å². The molecule has 0 fully saturated rings. The number of hydrogen-bond acceptors (Lipinski definition) is 5. The van der Waals surface area contributed by atoms with Crippen LogP contribution in [0.4, 0.5) is 5.82 Å². The van der Waals surface area contributed by atoms with E-state index in [0.29, 0.717) is 18.1 Å². The molecule has 0 aliphatic carbocycles. The first-order chi connectivity index (χ1) is 8.77. The number of aromatic nitrogens is 2. The molecule has 1 rings (SSSR count). The molecule has 0 unspecified atom stereocenters. The van der Waals surface area contributed by atoms with Crippen molar-refractivity contribution in [2.75, 3.05) is 30.9 Å². The Hall–Kier alpha value is -1.30. The fraction of sp³-hybridized carbons (Fsp3) is 0.583. The van der Waals surface area contributed by atoms with Crippen LogP contribution in [0.25, 0.3) is 0 Å². The van der Waals surface area contributed by atoms with Crippen molar-refractivity contribution in [2.45, 2.75) is 19.3 Å². The Morgan fingerprint density at radius 1 is 1.33 bits per heavy atom. The first-order valence-electron chi connectivity index (χ1n) is 6.05. The minimum atomic E-state index is -0.163. The molecule has 0 atom stereocenters. The molecule has 0 aliphatic rings. The molecule has 18 heavy (non-hydrogen) atoms. The van der Waals surface area contributed by atoms with Crippen molar-refractivity contribution in [1.29, 1.82) is 0 Å². The van der Waals surface area contributed by atoms with Crippen LogP contribution in [0.3, 0.4) is 0 Å². The van der Waals surface area contributed by atoms with Gasteiger partial charge in [0.05, 0.1) is 12.4 Å². The van der Waals surface area contributed by atoms with E-state index in [1.807, 2.05) is 11.8 Å². The third-order valence-corrected chi connectivity index (χ3v) is 3.13. The standard InChI is InChI=1S/C12H20N4OS/c1-13-11-9-14-8-10(16-11)12(17)15-6-4-3-5-7-18-2/h8-9H,3-7H2,1-2H3,(H,13,16)(H,15,17). The Bertz CT molecular complexity index is 373. The zero-order valence-corrected chi connectivity index (χ0v) is 11.7. The van der Waals surface area contributed by atoms with Gasteiger partial charge in [0.2, 0.25) is 0 Å². The van der Waals surface area contributed by atoms with E-state index in [2.05, 4.69) is 26.9 Å². The highest BCUT2D eigenvalue weighted by Gasteiger charge is 2.07. The van der Waals surface area contributed by atoms with E-state index in [4.69, 9.17) is 0 Å². The van der Waals surface area contributed by atoms with Crippen molar-refractivity contribution in [2.24, 2.45) is 0 Å². The predicted octanol–water partition coefficient (Wildman–Crippen LogP) is 1.78. The summed E-state index contributed by atoms with van der Waals surface area (Å²) in [5.74, 6) is 1.62. The number of anilines is 1. The lowest BCUT2D eigenvalue weighted by molar-refractivity contribution is 0.0947. The van der Waals surface area contributed by atoms with Crippen LogP contribution in [-0.2, 0) is 0 Å². The Kier molecular flexibility index (Phi) is 7.17. The number of thioether (sulfide) groups is 1. The summed E-state index contributed by atoms with van der Waals surface area (Å²) in [6.07, 6.45) is 8.51. The van der Waals surface area contributed by atoms with E-state index in [1.165, 1.54) is 18.4 Å². The fourth-order valence-electron chi connectivity index (χ4n) is 1.44. The highest BCUT2D eigenvalue weighted by Crippen LogP contribution is 2.02. The molecule has 0 radical (unpaired) electrons. The zero-order chi connectivity index (χ0) is 13.2. The van der Waals surface area contributed by atoms with Crippen molar-refractivity contribution < 1.29 is 4.79 Å². The number of carbonyl (C=O) groups is 1. The monoisotopic (exact) mass is 268 g/mol. The molecular formula is C12H20N4OS. The highest BCUT2D eigenvalue weighted by molar-refractivity contribution is 7.98. The topological polar surface area (TPSA) is 66.9 Å². The minimum Gasteiger partial charge on any atom is -0.372 e. The number of rotatable bonds is 8. The van der Waals surface area contributed by atoms with Gasteiger partial charge >= 0.3 is 0 Å². The van der Waals surface area contributed by atoms with E-state index in [9.17, 15) is 4.79 Å². The molecule has 1 heterocycles. The van der Waals surface area contributed by atoms with Crippen LogP contribution in [-0.4, -0.2) is 41.5 Å². The predicted molar refractivity (Wildman–Crippen MR) is 76.1 cm³/mol. The lowest BCUT2D eigenvalue weighted by Gasteiger charge is -2.05. The van der Waals surface area contributed by atoms with Gasteiger partial charge in [-0.3, -0.25) is 9.78 Å². The summed E-state index contributed by atoms with van der Waals surface area (Å²) in [6, 6.07) is 0. The summed E-state index contributed by atoms with van der Waals surface area (Å²) < 4.78 is 0. The molecule has 0 saturated heterocycles. The number of carbonyl (C=O) groups excluding carboxylic acids is 1. The number of unbranched alkanes of at least 4 members (excludes halogenated alkanes) is 2. The van der Waals surface area contributed by atoms with Crippen molar-refractivity contribution in [3.63, 3.8) is 0 Å². The second kappa shape index (κ2) is 8.74. The molecule has 1 aromatic rings. The van der Waals surface area contributed by atoms with Gasteiger partial charge < -0.3 is 10.6 Å². The third-order valence-electron chi connectivity index (χ3n) is 2.43. The molecule has 0 bridgehead atoms. The van der Waals surface area contributed by atoms with Crippen molar-refractivity contribution in [3.05, 3.63) is 18.1 Å². The zero-order valence-electron chi connectivity index (χ0n) is 10.9. The molecule has 0 saturated carbocycles. The van der Waals surface area contributed by atoms with E-state index >= 15 is 0 Å². The number of amides is 1. The van der Waals surface area contributed by atoms with Crippen LogP contribution in [0.1, 0.15) is 29.8 Å². The quantitative estimate of drug-likeness (QED) is 0.704. The Labute approximate surface area is 112 Å². The van der Waals surface area contributed by atoms with Crippen LogP contribution < -0.4 is 10.6 Å². The maximum Gasteiger partial charge on any atom is 0.271 e. The summed E-state index contributed by atoms with van der Waals surface area (Å²) in [5, 5.41) is 5.71. The normalized spacial score (nSPS) is 10.1. The fourth-order valence-corrected chi connectivity index (χ4v) is 1.93. The molecule has 6 heteroatoms. The summed E-state index contributed by atoms with van der Waals surface area (Å²) in [6.45, 7) is 0.693. The van der Waals surface area contributed by atoms with E-state index in [1.54, 1.807) is 13.2 Å².